The van der Waals surface area contributed by atoms with Crippen LogP contribution < -0.4 is 10.2 Å². The van der Waals surface area contributed by atoms with Crippen LogP contribution in [0.25, 0.3) is 11.1 Å². The Hall–Kier alpha value is -4.01. The van der Waals surface area contributed by atoms with Crippen LogP contribution in [0.15, 0.2) is 65.9 Å². The van der Waals surface area contributed by atoms with E-state index in [2.05, 4.69) is 25.0 Å². The van der Waals surface area contributed by atoms with Gasteiger partial charge in [0.2, 0.25) is 0 Å². The van der Waals surface area contributed by atoms with Crippen LogP contribution in [-0.4, -0.2) is 30.7 Å². The summed E-state index contributed by atoms with van der Waals surface area (Å²) in [5.41, 5.74) is 6.25. The van der Waals surface area contributed by atoms with Gasteiger partial charge in [-0.1, -0.05) is 24.3 Å². The first-order valence-electron chi connectivity index (χ1n) is 10.1. The van der Waals surface area contributed by atoms with Crippen molar-refractivity contribution in [2.45, 2.75) is 26.0 Å². The van der Waals surface area contributed by atoms with Gasteiger partial charge in [0, 0.05) is 18.0 Å². The minimum atomic E-state index is -2.92. The van der Waals surface area contributed by atoms with Gasteiger partial charge in [0.15, 0.2) is 5.54 Å². The highest BCUT2D eigenvalue weighted by Crippen LogP contribution is 2.40. The van der Waals surface area contributed by atoms with Crippen LogP contribution in [0, 0.1) is 13.8 Å². The van der Waals surface area contributed by atoms with E-state index >= 15 is 0 Å². The highest BCUT2D eigenvalue weighted by molar-refractivity contribution is 5.77. The van der Waals surface area contributed by atoms with Gasteiger partial charge in [0.25, 0.3) is 0 Å². The smallest absolute Gasteiger partial charge is 0.387 e. The lowest BCUT2D eigenvalue weighted by atomic mass is 9.82. The zero-order valence-electron chi connectivity index (χ0n) is 17.9. The van der Waals surface area contributed by atoms with E-state index in [9.17, 15) is 13.6 Å². The summed E-state index contributed by atoms with van der Waals surface area (Å²) < 4.78 is 35.7. The van der Waals surface area contributed by atoms with Crippen LogP contribution in [0.3, 0.4) is 0 Å². The molecule has 0 aliphatic carbocycles. The molecule has 0 spiro atoms. The molecule has 0 bridgehead atoms. The van der Waals surface area contributed by atoms with Gasteiger partial charge in [-0.2, -0.15) is 14.3 Å². The Morgan fingerprint density at radius 3 is 2.64 bits per heavy atom. The van der Waals surface area contributed by atoms with Crippen molar-refractivity contribution in [3.63, 3.8) is 0 Å². The van der Waals surface area contributed by atoms with Crippen LogP contribution in [0.1, 0.15) is 22.3 Å². The number of halogens is 2. The number of nitrogens with one attached hydrogen (secondary N) is 1. The fraction of sp³-hybridized carbons (Fsp3) is 0.208. The molecule has 0 radical (unpaired) electrons. The second kappa shape index (κ2) is 9.23. The molecule has 7 nitrogen and oxygen atoms in total. The number of hydrogen-bond donors (Lipinski definition) is 1. The maximum atomic E-state index is 12.7. The first-order chi connectivity index (χ1) is 15.9. The first-order valence-corrected chi connectivity index (χ1v) is 10.1. The molecule has 2 aromatic carbocycles. The molecule has 3 aromatic rings. The van der Waals surface area contributed by atoms with Gasteiger partial charge in [-0.3, -0.25) is 9.78 Å². The van der Waals surface area contributed by atoms with E-state index in [0.717, 1.165) is 22.3 Å². The fourth-order valence-corrected chi connectivity index (χ4v) is 3.80. The molecular formula is C24H21F2N3O4. The largest absolute Gasteiger partial charge is 0.460 e. The number of alkyl halides is 2. The van der Waals surface area contributed by atoms with Crippen molar-refractivity contribution < 1.29 is 27.9 Å². The van der Waals surface area contributed by atoms with E-state index in [1.54, 1.807) is 31.5 Å². The van der Waals surface area contributed by atoms with Crippen molar-refractivity contribution in [1.82, 2.24) is 10.5 Å². The third-order valence-electron chi connectivity index (χ3n) is 5.32. The lowest BCUT2D eigenvalue weighted by molar-refractivity contribution is -0.132. The molecule has 0 saturated heterocycles. The predicted octanol–water partition coefficient (Wildman–Crippen LogP) is 4.27. The maximum Gasteiger partial charge on any atom is 0.387 e. The van der Waals surface area contributed by atoms with Crippen LogP contribution in [0.2, 0.25) is 0 Å². The average Bonchev–Trinajstić information content (AvgIpc) is 3.24. The quantitative estimate of drug-likeness (QED) is 0.425. The Labute approximate surface area is 189 Å². The third-order valence-corrected chi connectivity index (χ3v) is 5.32. The zero-order chi connectivity index (χ0) is 23.4. The summed E-state index contributed by atoms with van der Waals surface area (Å²) in [6.45, 7) is 1.04. The number of ether oxygens (including phenoxy) is 2. The Balaban J connectivity index is 1.82. The second-order valence-corrected chi connectivity index (χ2v) is 7.57. The number of aliphatic imine (C=N–C) groups is 1. The minimum absolute atomic E-state index is 0.0234. The summed E-state index contributed by atoms with van der Waals surface area (Å²) in [6, 6.07) is 14.7. The molecule has 1 aliphatic heterocycles. The van der Waals surface area contributed by atoms with Crippen molar-refractivity contribution >= 4 is 12.5 Å². The normalized spacial score (nSPS) is 17.3. The van der Waals surface area contributed by atoms with Gasteiger partial charge < -0.3 is 14.3 Å². The number of amidine groups is 1. The molecule has 0 amide bonds. The molecule has 9 heteroatoms. The number of hydrogen-bond acceptors (Lipinski definition) is 7. The lowest BCUT2D eigenvalue weighted by Gasteiger charge is -2.26. The van der Waals surface area contributed by atoms with Crippen LogP contribution in [-0.2, 0) is 19.9 Å². The van der Waals surface area contributed by atoms with Crippen LogP contribution in [0.5, 0.6) is 5.75 Å². The average molecular weight is 453 g/mol. The standard InChI is InChI=1S/C24H21F2N3O4/c1-15-8-18(12-27-11-15)17-4-3-5-19(10-17)24(13-31-23(28-24)29-32-14-30)20-6-7-21(16(2)9-20)33-22(25)26/h3-12,14,22H,13H2,1-2H3,(H,28,29). The minimum Gasteiger partial charge on any atom is -0.460 e. The molecule has 1 aromatic heterocycles. The van der Waals surface area contributed by atoms with Gasteiger partial charge in [-0.25, -0.2) is 4.99 Å². The number of nitrogens with zero attached hydrogens (tertiary/aromatic N) is 2. The molecule has 0 fully saturated rings. The predicted molar refractivity (Wildman–Crippen MR) is 117 cm³/mol. The number of rotatable bonds is 7. The first kappa shape index (κ1) is 22.2. The monoisotopic (exact) mass is 453 g/mol. The van der Waals surface area contributed by atoms with Crippen LogP contribution >= 0.6 is 0 Å². The number of aromatic nitrogens is 1. The molecular weight excluding hydrogens is 432 g/mol. The molecule has 1 unspecified atom stereocenters. The van der Waals surface area contributed by atoms with E-state index in [1.165, 1.54) is 6.07 Å². The van der Waals surface area contributed by atoms with Gasteiger partial charge in [-0.15, -0.1) is 0 Å². The SMILES string of the molecule is Cc1cncc(-c2cccc(C3(c4ccc(OC(F)F)c(C)c4)COC(NOC=O)=N3)c2)c1. The Bertz CT molecular complexity index is 1200. The van der Waals surface area contributed by atoms with E-state index in [1.807, 2.05) is 37.3 Å². The summed E-state index contributed by atoms with van der Waals surface area (Å²) in [4.78, 5) is 24.1. The number of carbonyl (C=O) groups excluding carboxylic acids is 1. The topological polar surface area (TPSA) is 82.0 Å². The highest BCUT2D eigenvalue weighted by Gasteiger charge is 2.41. The Morgan fingerprint density at radius 2 is 1.91 bits per heavy atom. The lowest BCUT2D eigenvalue weighted by Crippen LogP contribution is -2.27. The summed E-state index contributed by atoms with van der Waals surface area (Å²) in [5.74, 6) is 0.0778. The Morgan fingerprint density at radius 1 is 1.09 bits per heavy atom. The van der Waals surface area contributed by atoms with E-state index in [4.69, 9.17) is 4.74 Å². The van der Waals surface area contributed by atoms with Crippen molar-refractivity contribution in [3.05, 3.63) is 83.2 Å². The van der Waals surface area contributed by atoms with Crippen molar-refractivity contribution in [1.29, 1.82) is 0 Å². The number of carbonyl (C=O) groups is 1. The highest BCUT2D eigenvalue weighted by atomic mass is 19.3. The van der Waals surface area contributed by atoms with Crippen molar-refractivity contribution in [3.8, 4) is 16.9 Å². The van der Waals surface area contributed by atoms with E-state index in [0.29, 0.717) is 11.1 Å². The third kappa shape index (κ3) is 4.62. The van der Waals surface area contributed by atoms with Gasteiger partial charge in [0.1, 0.15) is 12.4 Å². The maximum absolute atomic E-state index is 12.7. The van der Waals surface area contributed by atoms with Crippen molar-refractivity contribution in [2.24, 2.45) is 4.99 Å². The molecule has 2 heterocycles. The molecule has 1 N–H and O–H groups in total. The van der Waals surface area contributed by atoms with E-state index in [-0.39, 0.29) is 24.9 Å². The van der Waals surface area contributed by atoms with Gasteiger partial charge in [-0.05, 0) is 65.9 Å². The molecule has 170 valence electrons. The number of aryl methyl sites for hydroxylation is 2. The number of benzene rings is 2. The fourth-order valence-electron chi connectivity index (χ4n) is 3.80. The molecule has 4 rings (SSSR count). The molecule has 0 saturated carbocycles. The molecule has 1 atom stereocenters. The number of hydroxylamine groups is 1. The van der Waals surface area contributed by atoms with E-state index < -0.39 is 12.2 Å². The summed E-state index contributed by atoms with van der Waals surface area (Å²) in [5, 5.41) is 0. The van der Waals surface area contributed by atoms with Crippen LogP contribution in [0.4, 0.5) is 8.78 Å². The second-order valence-electron chi connectivity index (χ2n) is 7.57. The van der Waals surface area contributed by atoms with Crippen molar-refractivity contribution in [2.75, 3.05) is 6.61 Å². The molecule has 33 heavy (non-hydrogen) atoms. The zero-order valence-corrected chi connectivity index (χ0v) is 17.9. The van der Waals surface area contributed by atoms with Gasteiger partial charge >= 0.3 is 19.1 Å². The number of pyridine rings is 1. The molecule has 1 aliphatic rings. The Kier molecular flexibility index (Phi) is 6.21. The van der Waals surface area contributed by atoms with Gasteiger partial charge in [0.05, 0.1) is 0 Å². The summed E-state index contributed by atoms with van der Waals surface area (Å²) in [7, 11) is 0. The summed E-state index contributed by atoms with van der Waals surface area (Å²) >= 11 is 0. The summed E-state index contributed by atoms with van der Waals surface area (Å²) in [6.07, 6.45) is 3.56.